The van der Waals surface area contributed by atoms with Gasteiger partial charge >= 0.3 is 0 Å². The fourth-order valence-corrected chi connectivity index (χ4v) is 3.40. The molecular weight excluding hydrogens is 292 g/mol. The number of rotatable bonds is 3. The van der Waals surface area contributed by atoms with Crippen molar-refractivity contribution in [3.8, 4) is 0 Å². The van der Waals surface area contributed by atoms with Gasteiger partial charge < -0.3 is 5.32 Å². The molecule has 0 spiro atoms. The molecule has 0 radical (unpaired) electrons. The van der Waals surface area contributed by atoms with Crippen LogP contribution in [0.1, 0.15) is 15.2 Å². The van der Waals surface area contributed by atoms with Gasteiger partial charge in [-0.2, -0.15) is 0 Å². The summed E-state index contributed by atoms with van der Waals surface area (Å²) in [6.45, 7) is 0.484. The van der Waals surface area contributed by atoms with Gasteiger partial charge in [-0.3, -0.25) is 4.79 Å². The van der Waals surface area contributed by atoms with Gasteiger partial charge in [-0.05, 0) is 11.6 Å². The summed E-state index contributed by atoms with van der Waals surface area (Å²) in [5.41, 5.74) is 1.04. The summed E-state index contributed by atoms with van der Waals surface area (Å²) in [7, 11) is 0. The summed E-state index contributed by atoms with van der Waals surface area (Å²) in [6, 6.07) is 11.6. The second-order valence-corrected chi connectivity index (χ2v) is 5.76. The maximum Gasteiger partial charge on any atom is 0.263 e. The summed E-state index contributed by atoms with van der Waals surface area (Å²) >= 11 is 7.70. The molecule has 2 heterocycles. The van der Waals surface area contributed by atoms with Crippen LogP contribution in [0.5, 0.6) is 0 Å². The van der Waals surface area contributed by atoms with E-state index in [0.717, 1.165) is 15.6 Å². The fourth-order valence-electron chi connectivity index (χ4n) is 1.96. The van der Waals surface area contributed by atoms with Crippen molar-refractivity contribution in [3.05, 3.63) is 64.3 Å². The average Bonchev–Trinajstić information content (AvgIpc) is 2.84. The number of halogens is 1. The minimum Gasteiger partial charge on any atom is -0.347 e. The molecule has 0 aliphatic heterocycles. The van der Waals surface area contributed by atoms with E-state index in [1.54, 1.807) is 0 Å². The third kappa shape index (κ3) is 2.53. The lowest BCUT2D eigenvalue weighted by atomic mass is 10.2. The van der Waals surface area contributed by atoms with Crippen molar-refractivity contribution in [2.45, 2.75) is 6.54 Å². The number of carbonyl (C=O) groups excluding carboxylic acids is 1. The van der Waals surface area contributed by atoms with Crippen LogP contribution in [-0.2, 0) is 6.54 Å². The van der Waals surface area contributed by atoms with Crippen LogP contribution in [-0.4, -0.2) is 5.91 Å². The number of amides is 1. The quantitative estimate of drug-likeness (QED) is 0.792. The van der Waals surface area contributed by atoms with E-state index in [2.05, 4.69) is 10.3 Å². The molecule has 1 aromatic carbocycles. The van der Waals surface area contributed by atoms with Crippen LogP contribution < -0.4 is 10.3 Å². The Morgan fingerprint density at radius 2 is 1.95 bits per heavy atom. The molecule has 1 amide bonds. The molecular formula is C15H12ClN2OS+. The molecule has 2 aromatic heterocycles. The van der Waals surface area contributed by atoms with E-state index in [9.17, 15) is 4.79 Å². The Balaban J connectivity index is 1.81. The normalized spacial score (nSPS) is 10.7. The second-order valence-electron chi connectivity index (χ2n) is 4.33. The summed E-state index contributed by atoms with van der Waals surface area (Å²) in [6.07, 6.45) is 3.65. The molecule has 3 nitrogen and oxygen atoms in total. The van der Waals surface area contributed by atoms with Crippen LogP contribution in [0.2, 0.25) is 5.02 Å². The Morgan fingerprint density at radius 3 is 2.70 bits per heavy atom. The molecule has 3 rings (SSSR count). The predicted octanol–water partition coefficient (Wildman–Crippen LogP) is 3.30. The molecule has 100 valence electrons. The van der Waals surface area contributed by atoms with Crippen LogP contribution in [0, 0.1) is 0 Å². The lowest BCUT2D eigenvalue weighted by Gasteiger charge is -2.02. The van der Waals surface area contributed by atoms with E-state index in [4.69, 9.17) is 11.6 Å². The highest BCUT2D eigenvalue weighted by atomic mass is 35.5. The van der Waals surface area contributed by atoms with Crippen molar-refractivity contribution in [2.75, 3.05) is 0 Å². The van der Waals surface area contributed by atoms with Gasteiger partial charge in [0.1, 0.15) is 4.88 Å². The SMILES string of the molecule is O=C(NCc1cc[nH+]cc1)c1sc2ccccc2c1Cl. The third-order valence-electron chi connectivity index (χ3n) is 2.98. The molecule has 0 bridgehead atoms. The summed E-state index contributed by atoms with van der Waals surface area (Å²) in [5, 5.41) is 4.35. The van der Waals surface area contributed by atoms with Crippen molar-refractivity contribution < 1.29 is 9.78 Å². The van der Waals surface area contributed by atoms with Crippen LogP contribution in [0.25, 0.3) is 10.1 Å². The smallest absolute Gasteiger partial charge is 0.263 e. The lowest BCUT2D eigenvalue weighted by Crippen LogP contribution is -2.22. The van der Waals surface area contributed by atoms with Gasteiger partial charge in [0.2, 0.25) is 0 Å². The second kappa shape index (κ2) is 5.61. The zero-order valence-corrected chi connectivity index (χ0v) is 12.1. The molecule has 0 aliphatic rings. The molecule has 2 N–H and O–H groups in total. The van der Waals surface area contributed by atoms with Crippen molar-refractivity contribution in [3.63, 3.8) is 0 Å². The van der Waals surface area contributed by atoms with Crippen LogP contribution >= 0.6 is 22.9 Å². The van der Waals surface area contributed by atoms with Gasteiger partial charge in [-0.25, -0.2) is 4.98 Å². The molecule has 3 aromatic rings. The number of nitrogens with one attached hydrogen (secondary N) is 2. The highest BCUT2D eigenvalue weighted by Crippen LogP contribution is 2.34. The monoisotopic (exact) mass is 303 g/mol. The number of pyridine rings is 1. The first kappa shape index (κ1) is 13.1. The topological polar surface area (TPSA) is 43.2 Å². The predicted molar refractivity (Wildman–Crippen MR) is 81.0 cm³/mol. The van der Waals surface area contributed by atoms with Crippen LogP contribution in [0.4, 0.5) is 0 Å². The first-order chi connectivity index (χ1) is 9.75. The summed E-state index contributed by atoms with van der Waals surface area (Å²) in [5.74, 6) is -0.135. The van der Waals surface area contributed by atoms with Crippen molar-refractivity contribution >= 4 is 38.9 Å². The zero-order valence-electron chi connectivity index (χ0n) is 10.5. The summed E-state index contributed by atoms with van der Waals surface area (Å²) < 4.78 is 1.02. The Hall–Kier alpha value is -1.91. The summed E-state index contributed by atoms with van der Waals surface area (Å²) in [4.78, 5) is 15.7. The Labute approximate surface area is 125 Å². The molecule has 0 unspecified atom stereocenters. The number of benzene rings is 1. The maximum absolute atomic E-state index is 12.2. The van der Waals surface area contributed by atoms with Gasteiger partial charge in [0.15, 0.2) is 12.4 Å². The first-order valence-corrected chi connectivity index (χ1v) is 7.35. The Kier molecular flexibility index (Phi) is 3.67. The molecule has 0 saturated carbocycles. The number of aromatic amines is 1. The first-order valence-electron chi connectivity index (χ1n) is 6.16. The van der Waals surface area contributed by atoms with E-state index < -0.39 is 0 Å². The number of aromatic nitrogens is 1. The lowest BCUT2D eigenvalue weighted by molar-refractivity contribution is -0.378. The van der Waals surface area contributed by atoms with Gasteiger partial charge in [0.05, 0.1) is 5.02 Å². The number of fused-ring (bicyclic) bond motifs is 1. The molecule has 5 heteroatoms. The fraction of sp³-hybridized carbons (Fsp3) is 0.0667. The van der Waals surface area contributed by atoms with Crippen molar-refractivity contribution in [1.29, 1.82) is 0 Å². The number of hydrogen-bond donors (Lipinski definition) is 1. The number of thiophene rings is 1. The van der Waals surface area contributed by atoms with Crippen LogP contribution in [0.15, 0.2) is 48.8 Å². The Morgan fingerprint density at radius 1 is 1.20 bits per heavy atom. The molecule has 0 aliphatic carbocycles. The number of hydrogen-bond acceptors (Lipinski definition) is 2. The highest BCUT2D eigenvalue weighted by molar-refractivity contribution is 7.21. The van der Waals surface area contributed by atoms with Gasteiger partial charge in [0, 0.05) is 28.8 Å². The van der Waals surface area contributed by atoms with Crippen LogP contribution in [0.3, 0.4) is 0 Å². The zero-order chi connectivity index (χ0) is 13.9. The minimum atomic E-state index is -0.135. The van der Waals surface area contributed by atoms with Gasteiger partial charge in [0.25, 0.3) is 5.91 Å². The standard InChI is InChI=1S/C15H11ClN2OS/c16-13-11-3-1-2-4-12(11)20-14(13)15(19)18-9-10-5-7-17-8-6-10/h1-8H,9H2,(H,18,19)/p+1. The molecule has 0 fully saturated rings. The van der Waals surface area contributed by atoms with Crippen molar-refractivity contribution in [1.82, 2.24) is 5.32 Å². The largest absolute Gasteiger partial charge is 0.347 e. The van der Waals surface area contributed by atoms with E-state index in [0.29, 0.717) is 16.4 Å². The highest BCUT2D eigenvalue weighted by Gasteiger charge is 2.16. The van der Waals surface area contributed by atoms with Gasteiger partial charge in [-0.15, -0.1) is 11.3 Å². The third-order valence-corrected chi connectivity index (χ3v) is 4.66. The van der Waals surface area contributed by atoms with E-state index >= 15 is 0 Å². The minimum absolute atomic E-state index is 0.135. The van der Waals surface area contributed by atoms with E-state index in [1.165, 1.54) is 11.3 Å². The number of H-pyrrole nitrogens is 1. The molecule has 0 saturated heterocycles. The van der Waals surface area contributed by atoms with Gasteiger partial charge in [-0.1, -0.05) is 29.8 Å². The average molecular weight is 304 g/mol. The van der Waals surface area contributed by atoms with Crippen molar-refractivity contribution in [2.24, 2.45) is 0 Å². The Bertz CT molecular complexity index is 755. The number of carbonyl (C=O) groups is 1. The van der Waals surface area contributed by atoms with E-state index in [1.807, 2.05) is 48.8 Å². The molecule has 20 heavy (non-hydrogen) atoms. The molecule has 0 atom stereocenters. The maximum atomic E-state index is 12.2. The van der Waals surface area contributed by atoms with E-state index in [-0.39, 0.29) is 5.91 Å².